The van der Waals surface area contributed by atoms with Crippen molar-refractivity contribution < 1.29 is 14.6 Å². The molecular weight excluding hydrogens is 268 g/mol. The molecule has 21 heavy (non-hydrogen) atoms. The minimum Gasteiger partial charge on any atom is -0.480 e. The van der Waals surface area contributed by atoms with E-state index >= 15 is 0 Å². The fraction of sp³-hybridized carbons (Fsp3) is 0.500. The number of nitrogens with one attached hydrogen (secondary N) is 1. The van der Waals surface area contributed by atoms with Crippen LogP contribution in [0.5, 0.6) is 5.75 Å². The van der Waals surface area contributed by atoms with Gasteiger partial charge in [0.05, 0.1) is 17.7 Å². The average molecular weight is 288 g/mol. The summed E-state index contributed by atoms with van der Waals surface area (Å²) in [5, 5.41) is 21.7. The van der Waals surface area contributed by atoms with E-state index in [0.717, 1.165) is 25.7 Å². The Morgan fingerprint density at radius 2 is 2.14 bits per heavy atom. The molecule has 0 aliphatic heterocycles. The van der Waals surface area contributed by atoms with E-state index in [1.807, 2.05) is 6.07 Å². The third kappa shape index (κ3) is 3.96. The first kappa shape index (κ1) is 15.3. The monoisotopic (exact) mass is 288 g/mol. The van der Waals surface area contributed by atoms with Gasteiger partial charge in [-0.15, -0.1) is 0 Å². The van der Waals surface area contributed by atoms with Crippen LogP contribution in [0.3, 0.4) is 0 Å². The Hall–Kier alpha value is -2.06. The smallest absolute Gasteiger partial charge is 0.261 e. The van der Waals surface area contributed by atoms with Crippen LogP contribution in [-0.2, 0) is 4.79 Å². The van der Waals surface area contributed by atoms with Gasteiger partial charge in [-0.25, -0.2) is 0 Å². The van der Waals surface area contributed by atoms with Gasteiger partial charge in [0.25, 0.3) is 5.91 Å². The van der Waals surface area contributed by atoms with Crippen molar-refractivity contribution in [3.63, 3.8) is 0 Å². The first-order valence-corrected chi connectivity index (χ1v) is 7.26. The molecule has 2 rings (SSSR count). The van der Waals surface area contributed by atoms with Crippen molar-refractivity contribution in [3.05, 3.63) is 29.8 Å². The molecule has 112 valence electrons. The highest BCUT2D eigenvalue weighted by Gasteiger charge is 2.27. The molecule has 1 aromatic rings. The summed E-state index contributed by atoms with van der Waals surface area (Å²) in [5.74, 6) is 0.125. The summed E-state index contributed by atoms with van der Waals surface area (Å²) in [7, 11) is 0. The van der Waals surface area contributed by atoms with Crippen molar-refractivity contribution in [3.8, 4) is 11.8 Å². The van der Waals surface area contributed by atoms with E-state index in [1.165, 1.54) is 0 Å². The lowest BCUT2D eigenvalue weighted by atomic mass is 9.92. The minimum absolute atomic E-state index is 0.205. The maximum atomic E-state index is 12.1. The van der Waals surface area contributed by atoms with Gasteiger partial charge in [0.1, 0.15) is 11.8 Å². The molecule has 0 aromatic heterocycles. The van der Waals surface area contributed by atoms with Crippen LogP contribution in [0.25, 0.3) is 0 Å². The van der Waals surface area contributed by atoms with E-state index in [0.29, 0.717) is 11.3 Å². The van der Waals surface area contributed by atoms with Crippen LogP contribution >= 0.6 is 0 Å². The molecule has 0 bridgehead atoms. The summed E-state index contributed by atoms with van der Waals surface area (Å²) < 4.78 is 5.56. The third-order valence-electron chi connectivity index (χ3n) is 3.74. The number of para-hydroxylation sites is 1. The summed E-state index contributed by atoms with van der Waals surface area (Å²) in [4.78, 5) is 12.1. The number of nitrogens with zero attached hydrogens (tertiary/aromatic N) is 1. The number of aliphatic hydroxyl groups excluding tert-OH is 1. The molecule has 5 nitrogen and oxygen atoms in total. The Balaban J connectivity index is 1.95. The van der Waals surface area contributed by atoms with Gasteiger partial charge in [-0.05, 0) is 31.9 Å². The van der Waals surface area contributed by atoms with Crippen LogP contribution in [-0.4, -0.2) is 29.3 Å². The van der Waals surface area contributed by atoms with Gasteiger partial charge in [-0.3, -0.25) is 4.79 Å². The molecule has 0 heterocycles. The third-order valence-corrected chi connectivity index (χ3v) is 3.74. The first-order chi connectivity index (χ1) is 10.1. The van der Waals surface area contributed by atoms with Gasteiger partial charge in [0, 0.05) is 0 Å². The van der Waals surface area contributed by atoms with Gasteiger partial charge in [-0.2, -0.15) is 5.26 Å². The van der Waals surface area contributed by atoms with Gasteiger partial charge in [0.2, 0.25) is 0 Å². The summed E-state index contributed by atoms with van der Waals surface area (Å²) in [6.45, 7) is 1.64. The van der Waals surface area contributed by atoms with E-state index < -0.39 is 12.2 Å². The van der Waals surface area contributed by atoms with Crippen LogP contribution in [0.4, 0.5) is 0 Å². The molecule has 2 N–H and O–H groups in total. The van der Waals surface area contributed by atoms with Crippen molar-refractivity contribution in [2.75, 3.05) is 0 Å². The number of carbonyl (C=O) groups excluding carboxylic acids is 1. The second kappa shape index (κ2) is 7.09. The van der Waals surface area contributed by atoms with E-state index in [9.17, 15) is 9.90 Å². The first-order valence-electron chi connectivity index (χ1n) is 7.26. The Bertz CT molecular complexity index is 539. The predicted octanol–water partition coefficient (Wildman–Crippen LogP) is 1.75. The highest BCUT2D eigenvalue weighted by molar-refractivity contribution is 5.81. The summed E-state index contributed by atoms with van der Waals surface area (Å²) in [5.41, 5.74) is 0.398. The minimum atomic E-state index is -0.714. The molecule has 1 aromatic carbocycles. The molecule has 1 aliphatic carbocycles. The summed E-state index contributed by atoms with van der Waals surface area (Å²) >= 11 is 0. The second-order valence-corrected chi connectivity index (χ2v) is 5.33. The Morgan fingerprint density at radius 1 is 1.43 bits per heavy atom. The number of hydrogen-bond acceptors (Lipinski definition) is 4. The zero-order valence-electron chi connectivity index (χ0n) is 12.1. The van der Waals surface area contributed by atoms with E-state index in [-0.39, 0.29) is 11.9 Å². The van der Waals surface area contributed by atoms with Crippen LogP contribution in [0.1, 0.15) is 38.2 Å². The van der Waals surface area contributed by atoms with Crippen molar-refractivity contribution in [1.29, 1.82) is 5.26 Å². The largest absolute Gasteiger partial charge is 0.480 e. The second-order valence-electron chi connectivity index (χ2n) is 5.33. The van der Waals surface area contributed by atoms with Crippen molar-refractivity contribution in [2.24, 2.45) is 0 Å². The molecule has 3 atom stereocenters. The number of nitriles is 1. The number of amides is 1. The van der Waals surface area contributed by atoms with Crippen molar-refractivity contribution in [2.45, 2.75) is 50.9 Å². The highest BCUT2D eigenvalue weighted by atomic mass is 16.5. The zero-order valence-corrected chi connectivity index (χ0v) is 12.1. The predicted molar refractivity (Wildman–Crippen MR) is 77.7 cm³/mol. The SMILES string of the molecule is CC(Oc1ccccc1C#N)C(=O)NC1CCCCC1O. The van der Waals surface area contributed by atoms with Crippen LogP contribution in [0, 0.1) is 11.3 Å². The lowest BCUT2D eigenvalue weighted by Gasteiger charge is -2.29. The van der Waals surface area contributed by atoms with Gasteiger partial charge < -0.3 is 15.2 Å². The molecule has 0 spiro atoms. The number of hydrogen-bond donors (Lipinski definition) is 2. The highest BCUT2D eigenvalue weighted by Crippen LogP contribution is 2.20. The molecule has 1 amide bonds. The molecule has 1 fully saturated rings. The maximum Gasteiger partial charge on any atom is 0.261 e. The van der Waals surface area contributed by atoms with Gasteiger partial charge in [0.15, 0.2) is 6.10 Å². The zero-order chi connectivity index (χ0) is 15.2. The van der Waals surface area contributed by atoms with Crippen LogP contribution in [0.2, 0.25) is 0 Å². The normalized spacial score (nSPS) is 22.9. The van der Waals surface area contributed by atoms with E-state index in [1.54, 1.807) is 31.2 Å². The van der Waals surface area contributed by atoms with Crippen LogP contribution in [0.15, 0.2) is 24.3 Å². The lowest BCUT2D eigenvalue weighted by molar-refractivity contribution is -0.129. The quantitative estimate of drug-likeness (QED) is 0.884. The topological polar surface area (TPSA) is 82.3 Å². The Morgan fingerprint density at radius 3 is 2.86 bits per heavy atom. The maximum absolute atomic E-state index is 12.1. The fourth-order valence-corrected chi connectivity index (χ4v) is 2.49. The van der Waals surface area contributed by atoms with Gasteiger partial charge in [-0.1, -0.05) is 25.0 Å². The number of ether oxygens (including phenoxy) is 1. The summed E-state index contributed by atoms with van der Waals surface area (Å²) in [6, 6.07) is 8.63. The number of carbonyl (C=O) groups is 1. The Kier molecular flexibility index (Phi) is 5.18. The molecule has 1 saturated carbocycles. The number of benzene rings is 1. The molecule has 3 unspecified atom stereocenters. The van der Waals surface area contributed by atoms with E-state index in [4.69, 9.17) is 10.00 Å². The summed E-state index contributed by atoms with van der Waals surface area (Å²) in [6.07, 6.45) is 2.31. The average Bonchev–Trinajstić information content (AvgIpc) is 2.50. The lowest BCUT2D eigenvalue weighted by Crippen LogP contribution is -2.49. The number of aliphatic hydroxyl groups is 1. The van der Waals surface area contributed by atoms with Crippen LogP contribution < -0.4 is 10.1 Å². The standard InChI is InChI=1S/C16H20N2O3/c1-11(21-15-9-5-2-6-12(15)10-17)16(20)18-13-7-3-4-8-14(13)19/h2,5-6,9,11,13-14,19H,3-4,7-8H2,1H3,(H,18,20). The molecule has 5 heteroatoms. The number of rotatable bonds is 4. The molecular formula is C16H20N2O3. The van der Waals surface area contributed by atoms with Crippen molar-refractivity contribution >= 4 is 5.91 Å². The fourth-order valence-electron chi connectivity index (χ4n) is 2.49. The van der Waals surface area contributed by atoms with Gasteiger partial charge >= 0.3 is 0 Å². The van der Waals surface area contributed by atoms with Crippen molar-refractivity contribution in [1.82, 2.24) is 5.32 Å². The molecule has 0 radical (unpaired) electrons. The van der Waals surface area contributed by atoms with E-state index in [2.05, 4.69) is 5.32 Å². The molecule has 1 aliphatic rings. The Labute approximate surface area is 124 Å². The molecule has 0 saturated heterocycles.